The van der Waals surface area contributed by atoms with Crippen LogP contribution in [-0.2, 0) is 14.3 Å². The van der Waals surface area contributed by atoms with E-state index in [1.807, 2.05) is 24.3 Å². The molecule has 1 atom stereocenters. The second-order valence-electron chi connectivity index (χ2n) is 4.70. The summed E-state index contributed by atoms with van der Waals surface area (Å²) in [4.78, 5) is 37.5. The van der Waals surface area contributed by atoms with E-state index in [9.17, 15) is 14.4 Å². The molecule has 1 amide bonds. The predicted octanol–water partition coefficient (Wildman–Crippen LogP) is 1.42. The highest BCUT2D eigenvalue weighted by Gasteiger charge is 2.18. The number of rotatable bonds is 5. The third-order valence-corrected chi connectivity index (χ3v) is 3.01. The number of ether oxygens (including phenoxy) is 1. The van der Waals surface area contributed by atoms with Crippen molar-refractivity contribution in [2.75, 3.05) is 6.61 Å². The van der Waals surface area contributed by atoms with Crippen LogP contribution in [0, 0.1) is 0 Å². The number of para-hydroxylation sites is 1. The van der Waals surface area contributed by atoms with Crippen LogP contribution < -0.4 is 5.32 Å². The number of hydrogen-bond donors (Lipinski definition) is 2. The van der Waals surface area contributed by atoms with Crippen LogP contribution in [0.1, 0.15) is 24.2 Å². The van der Waals surface area contributed by atoms with Gasteiger partial charge in [-0.2, -0.15) is 0 Å². The van der Waals surface area contributed by atoms with Gasteiger partial charge in [0, 0.05) is 29.6 Å². The zero-order valence-electron chi connectivity index (χ0n) is 11.8. The van der Waals surface area contributed by atoms with E-state index in [1.165, 1.54) is 13.8 Å². The van der Waals surface area contributed by atoms with Gasteiger partial charge in [0.05, 0.1) is 0 Å². The maximum atomic E-state index is 12.1. The summed E-state index contributed by atoms with van der Waals surface area (Å²) in [7, 11) is 0. The van der Waals surface area contributed by atoms with E-state index in [4.69, 9.17) is 4.74 Å². The molecule has 0 radical (unpaired) electrons. The second-order valence-corrected chi connectivity index (χ2v) is 4.70. The molecule has 6 nitrogen and oxygen atoms in total. The van der Waals surface area contributed by atoms with Crippen molar-refractivity contribution in [1.82, 2.24) is 10.3 Å². The molecule has 2 aromatic rings. The number of Topliss-reactive ketones (excluding diaryl/α,β-unsaturated/α-hetero) is 1. The van der Waals surface area contributed by atoms with Gasteiger partial charge in [0.2, 0.25) is 11.7 Å². The van der Waals surface area contributed by atoms with E-state index < -0.39 is 12.0 Å². The molecule has 0 aliphatic heterocycles. The van der Waals surface area contributed by atoms with Crippen LogP contribution in [0.3, 0.4) is 0 Å². The quantitative estimate of drug-likeness (QED) is 0.643. The van der Waals surface area contributed by atoms with Crippen molar-refractivity contribution in [3.63, 3.8) is 0 Å². The Morgan fingerprint density at radius 1 is 1.29 bits per heavy atom. The number of carbonyl (C=O) groups is 3. The summed E-state index contributed by atoms with van der Waals surface area (Å²) < 4.78 is 4.92. The Kier molecular flexibility index (Phi) is 4.37. The zero-order chi connectivity index (χ0) is 15.4. The van der Waals surface area contributed by atoms with E-state index in [2.05, 4.69) is 10.3 Å². The Morgan fingerprint density at radius 3 is 2.71 bits per heavy atom. The molecule has 2 rings (SSSR count). The largest absolute Gasteiger partial charge is 0.456 e. The van der Waals surface area contributed by atoms with E-state index in [1.54, 1.807) is 6.20 Å². The lowest BCUT2D eigenvalue weighted by Crippen LogP contribution is -2.38. The van der Waals surface area contributed by atoms with Gasteiger partial charge >= 0.3 is 5.97 Å². The van der Waals surface area contributed by atoms with E-state index in [-0.39, 0.29) is 18.3 Å². The predicted molar refractivity (Wildman–Crippen MR) is 76.9 cm³/mol. The first-order valence-corrected chi connectivity index (χ1v) is 6.52. The fraction of sp³-hybridized carbons (Fsp3) is 0.267. The first kappa shape index (κ1) is 14.8. The molecule has 1 aromatic carbocycles. The lowest BCUT2D eigenvalue weighted by atomic mass is 10.1. The second kappa shape index (κ2) is 6.21. The number of nitrogens with one attached hydrogen (secondary N) is 2. The topological polar surface area (TPSA) is 88.3 Å². The molecule has 2 N–H and O–H groups in total. The smallest absolute Gasteiger partial charge is 0.328 e. The molecule has 0 aliphatic rings. The maximum Gasteiger partial charge on any atom is 0.328 e. The molecule has 0 unspecified atom stereocenters. The van der Waals surface area contributed by atoms with Crippen molar-refractivity contribution in [1.29, 1.82) is 0 Å². The molecular formula is C15H16N2O4. The van der Waals surface area contributed by atoms with Crippen LogP contribution in [-0.4, -0.2) is 35.3 Å². The Morgan fingerprint density at radius 2 is 2.00 bits per heavy atom. The van der Waals surface area contributed by atoms with Crippen molar-refractivity contribution in [3.8, 4) is 0 Å². The highest BCUT2D eigenvalue weighted by molar-refractivity contribution is 6.08. The average Bonchev–Trinajstić information content (AvgIpc) is 2.87. The number of aromatic amines is 1. The molecule has 0 bridgehead atoms. The maximum absolute atomic E-state index is 12.1. The SMILES string of the molecule is CC(=O)N[C@@H](C)C(=O)OCC(=O)c1c[nH]c2ccccc12. The number of aromatic nitrogens is 1. The minimum Gasteiger partial charge on any atom is -0.456 e. The summed E-state index contributed by atoms with van der Waals surface area (Å²) >= 11 is 0. The summed E-state index contributed by atoms with van der Waals surface area (Å²) in [6.45, 7) is 2.45. The van der Waals surface area contributed by atoms with Crippen molar-refractivity contribution in [3.05, 3.63) is 36.0 Å². The zero-order valence-corrected chi connectivity index (χ0v) is 11.8. The number of hydrogen-bond acceptors (Lipinski definition) is 4. The van der Waals surface area contributed by atoms with Crippen molar-refractivity contribution in [2.45, 2.75) is 19.9 Å². The van der Waals surface area contributed by atoms with Crippen molar-refractivity contribution in [2.24, 2.45) is 0 Å². The number of esters is 1. The van der Waals surface area contributed by atoms with E-state index in [0.29, 0.717) is 5.56 Å². The molecular weight excluding hydrogens is 272 g/mol. The molecule has 1 heterocycles. The standard InChI is InChI=1S/C15H16N2O4/c1-9(17-10(2)18)15(20)21-8-14(19)12-7-16-13-6-4-3-5-11(12)13/h3-7,9,16H,8H2,1-2H3,(H,17,18)/t9-/m0/s1. The van der Waals surface area contributed by atoms with Gasteiger partial charge in [-0.05, 0) is 13.0 Å². The Labute approximate surface area is 121 Å². The minimum atomic E-state index is -0.779. The fourth-order valence-corrected chi connectivity index (χ4v) is 2.01. The number of amides is 1. The van der Waals surface area contributed by atoms with E-state index >= 15 is 0 Å². The Hall–Kier alpha value is -2.63. The lowest BCUT2D eigenvalue weighted by molar-refractivity contribution is -0.146. The Bertz CT molecular complexity index is 690. The average molecular weight is 288 g/mol. The molecule has 0 saturated heterocycles. The van der Waals surface area contributed by atoms with Gasteiger partial charge in [-0.15, -0.1) is 0 Å². The van der Waals surface area contributed by atoms with Gasteiger partial charge in [-0.1, -0.05) is 18.2 Å². The van der Waals surface area contributed by atoms with Gasteiger partial charge in [0.25, 0.3) is 0 Å². The lowest BCUT2D eigenvalue weighted by Gasteiger charge is -2.11. The molecule has 0 aliphatic carbocycles. The van der Waals surface area contributed by atoms with Crippen molar-refractivity contribution >= 4 is 28.6 Å². The van der Waals surface area contributed by atoms with Gasteiger partial charge < -0.3 is 15.0 Å². The third-order valence-electron chi connectivity index (χ3n) is 3.01. The summed E-state index contributed by atoms with van der Waals surface area (Å²) in [5.74, 6) is -1.27. The number of ketones is 1. The van der Waals surface area contributed by atoms with Gasteiger partial charge in [0.1, 0.15) is 6.04 Å². The molecule has 1 aromatic heterocycles. The molecule has 110 valence electrons. The highest BCUT2D eigenvalue weighted by Crippen LogP contribution is 2.18. The normalized spacial score (nSPS) is 11.9. The molecule has 0 spiro atoms. The third kappa shape index (κ3) is 3.47. The molecule has 0 fully saturated rings. The van der Waals surface area contributed by atoms with Crippen LogP contribution in [0.4, 0.5) is 0 Å². The number of carbonyl (C=O) groups excluding carboxylic acids is 3. The van der Waals surface area contributed by atoms with Gasteiger partial charge in [0.15, 0.2) is 6.61 Å². The van der Waals surface area contributed by atoms with E-state index in [0.717, 1.165) is 10.9 Å². The van der Waals surface area contributed by atoms with Crippen LogP contribution in [0.25, 0.3) is 10.9 Å². The number of benzene rings is 1. The fourth-order valence-electron chi connectivity index (χ4n) is 2.01. The minimum absolute atomic E-state index is 0.296. The van der Waals surface area contributed by atoms with Gasteiger partial charge in [-0.3, -0.25) is 9.59 Å². The highest BCUT2D eigenvalue weighted by atomic mass is 16.5. The van der Waals surface area contributed by atoms with Crippen LogP contribution in [0.2, 0.25) is 0 Å². The van der Waals surface area contributed by atoms with Crippen LogP contribution in [0.5, 0.6) is 0 Å². The number of fused-ring (bicyclic) bond motifs is 1. The first-order valence-electron chi connectivity index (χ1n) is 6.52. The Balaban J connectivity index is 1.99. The molecule has 0 saturated carbocycles. The summed E-state index contributed by atoms with van der Waals surface area (Å²) in [5.41, 5.74) is 1.32. The molecule has 21 heavy (non-hydrogen) atoms. The van der Waals surface area contributed by atoms with Crippen LogP contribution in [0.15, 0.2) is 30.5 Å². The van der Waals surface area contributed by atoms with Crippen molar-refractivity contribution < 1.29 is 19.1 Å². The van der Waals surface area contributed by atoms with Crippen LogP contribution >= 0.6 is 0 Å². The summed E-state index contributed by atoms with van der Waals surface area (Å²) in [6, 6.07) is 6.59. The van der Waals surface area contributed by atoms with Gasteiger partial charge in [-0.25, -0.2) is 4.79 Å². The number of H-pyrrole nitrogens is 1. The monoisotopic (exact) mass is 288 g/mol. The summed E-state index contributed by atoms with van der Waals surface area (Å²) in [5, 5.41) is 3.19. The summed E-state index contributed by atoms with van der Waals surface area (Å²) in [6.07, 6.45) is 1.60. The molecule has 6 heteroatoms. The first-order chi connectivity index (χ1) is 9.99.